The van der Waals surface area contributed by atoms with Crippen LogP contribution in [0.5, 0.6) is 5.75 Å². The first-order valence-corrected chi connectivity index (χ1v) is 6.50. The third kappa shape index (κ3) is 3.38. The molecule has 0 spiro atoms. The van der Waals surface area contributed by atoms with Crippen molar-refractivity contribution in [1.82, 2.24) is 10.2 Å². The summed E-state index contributed by atoms with van der Waals surface area (Å²) in [5.41, 5.74) is 0.317. The lowest BCUT2D eigenvalue weighted by Crippen LogP contribution is -2.38. The summed E-state index contributed by atoms with van der Waals surface area (Å²) < 4.78 is 0. The lowest BCUT2D eigenvalue weighted by Gasteiger charge is -2.15. The van der Waals surface area contributed by atoms with E-state index in [-0.39, 0.29) is 29.1 Å². The number of aromatic hydroxyl groups is 1. The second-order valence-electron chi connectivity index (χ2n) is 4.44. The molecule has 0 aromatic heterocycles. The predicted molar refractivity (Wildman–Crippen MR) is 71.3 cm³/mol. The van der Waals surface area contributed by atoms with Gasteiger partial charge in [0.1, 0.15) is 5.75 Å². The van der Waals surface area contributed by atoms with Crippen LogP contribution in [-0.2, 0) is 4.79 Å². The van der Waals surface area contributed by atoms with Crippen LogP contribution in [0.1, 0.15) is 23.2 Å². The minimum Gasteiger partial charge on any atom is -0.506 e. The Labute approximate surface area is 116 Å². The number of phenols is 1. The van der Waals surface area contributed by atoms with Crippen molar-refractivity contribution >= 4 is 23.4 Å². The second kappa shape index (κ2) is 5.93. The summed E-state index contributed by atoms with van der Waals surface area (Å²) >= 11 is 5.72. The molecule has 0 bridgehead atoms. The van der Waals surface area contributed by atoms with Gasteiger partial charge in [0, 0.05) is 18.7 Å². The molecule has 19 heavy (non-hydrogen) atoms. The first-order chi connectivity index (χ1) is 9.08. The fraction of sp³-hybridized carbons (Fsp3) is 0.385. The number of hydrogen-bond acceptors (Lipinski definition) is 3. The van der Waals surface area contributed by atoms with Crippen molar-refractivity contribution in [1.29, 1.82) is 0 Å². The fourth-order valence-electron chi connectivity index (χ4n) is 1.98. The molecule has 1 saturated heterocycles. The molecule has 102 valence electrons. The summed E-state index contributed by atoms with van der Waals surface area (Å²) in [5.74, 6) is -0.531. The third-order valence-corrected chi connectivity index (χ3v) is 3.37. The minimum atomic E-state index is -0.380. The van der Waals surface area contributed by atoms with E-state index in [2.05, 4.69) is 5.32 Å². The fourth-order valence-corrected chi connectivity index (χ4v) is 2.16. The Morgan fingerprint density at radius 2 is 2.00 bits per heavy atom. The molecule has 1 aromatic rings. The Balaban J connectivity index is 1.90. The van der Waals surface area contributed by atoms with Crippen LogP contribution >= 0.6 is 11.6 Å². The van der Waals surface area contributed by atoms with Crippen molar-refractivity contribution in [3.63, 3.8) is 0 Å². The van der Waals surface area contributed by atoms with E-state index in [1.54, 1.807) is 4.90 Å². The number of benzene rings is 1. The molecule has 1 aliphatic heterocycles. The van der Waals surface area contributed by atoms with E-state index in [0.717, 1.165) is 25.9 Å². The normalized spacial score (nSPS) is 14.5. The maximum absolute atomic E-state index is 11.8. The van der Waals surface area contributed by atoms with Gasteiger partial charge in [0.05, 0.1) is 11.6 Å². The SMILES string of the molecule is O=C(NCC(=O)N1CCCC1)c1ccc(O)c(Cl)c1. The number of hydrogen-bond donors (Lipinski definition) is 2. The monoisotopic (exact) mass is 282 g/mol. The van der Waals surface area contributed by atoms with E-state index < -0.39 is 0 Å². The van der Waals surface area contributed by atoms with Gasteiger partial charge in [-0.15, -0.1) is 0 Å². The number of carbonyl (C=O) groups excluding carboxylic acids is 2. The van der Waals surface area contributed by atoms with Crippen LogP contribution in [0.2, 0.25) is 5.02 Å². The van der Waals surface area contributed by atoms with Gasteiger partial charge >= 0.3 is 0 Å². The number of phenolic OH excluding ortho intramolecular Hbond substituents is 1. The molecule has 0 saturated carbocycles. The van der Waals surface area contributed by atoms with Crippen LogP contribution in [0.4, 0.5) is 0 Å². The van der Waals surface area contributed by atoms with Gasteiger partial charge in [0.2, 0.25) is 5.91 Å². The van der Waals surface area contributed by atoms with E-state index in [0.29, 0.717) is 5.56 Å². The van der Waals surface area contributed by atoms with Gasteiger partial charge in [0.15, 0.2) is 0 Å². The van der Waals surface area contributed by atoms with Gasteiger partial charge in [-0.2, -0.15) is 0 Å². The van der Waals surface area contributed by atoms with Gasteiger partial charge in [-0.05, 0) is 31.0 Å². The van der Waals surface area contributed by atoms with Crippen molar-refractivity contribution in [3.8, 4) is 5.75 Å². The van der Waals surface area contributed by atoms with Crippen LogP contribution < -0.4 is 5.32 Å². The maximum atomic E-state index is 11.8. The first-order valence-electron chi connectivity index (χ1n) is 6.12. The zero-order valence-electron chi connectivity index (χ0n) is 10.4. The average molecular weight is 283 g/mol. The lowest BCUT2D eigenvalue weighted by molar-refractivity contribution is -0.129. The van der Waals surface area contributed by atoms with E-state index in [9.17, 15) is 14.7 Å². The highest BCUT2D eigenvalue weighted by Gasteiger charge is 2.18. The van der Waals surface area contributed by atoms with Crippen LogP contribution in [-0.4, -0.2) is 41.5 Å². The van der Waals surface area contributed by atoms with Gasteiger partial charge in [-0.25, -0.2) is 0 Å². The minimum absolute atomic E-state index is 0.0165. The topological polar surface area (TPSA) is 69.6 Å². The standard InChI is InChI=1S/C13H15ClN2O3/c14-10-7-9(3-4-11(10)17)13(19)15-8-12(18)16-5-1-2-6-16/h3-4,7,17H,1-2,5-6,8H2,(H,15,19). The number of nitrogens with zero attached hydrogens (tertiary/aromatic N) is 1. The summed E-state index contributed by atoms with van der Waals surface area (Å²) in [6.07, 6.45) is 2.04. The van der Waals surface area contributed by atoms with E-state index in [4.69, 9.17) is 11.6 Å². The van der Waals surface area contributed by atoms with Crippen molar-refractivity contribution in [2.24, 2.45) is 0 Å². The molecule has 2 amide bonds. The second-order valence-corrected chi connectivity index (χ2v) is 4.84. The van der Waals surface area contributed by atoms with Gasteiger partial charge in [-0.3, -0.25) is 9.59 Å². The van der Waals surface area contributed by atoms with Gasteiger partial charge in [-0.1, -0.05) is 11.6 Å². The molecule has 1 aliphatic rings. The number of halogens is 1. The average Bonchev–Trinajstić information content (AvgIpc) is 2.92. The molecule has 1 aromatic carbocycles. The van der Waals surface area contributed by atoms with Crippen LogP contribution in [0.15, 0.2) is 18.2 Å². The van der Waals surface area contributed by atoms with Crippen molar-refractivity contribution in [2.45, 2.75) is 12.8 Å². The van der Waals surface area contributed by atoms with Crippen LogP contribution in [0.25, 0.3) is 0 Å². The molecule has 1 fully saturated rings. The summed E-state index contributed by atoms with van der Waals surface area (Å²) in [6, 6.07) is 4.17. The largest absolute Gasteiger partial charge is 0.506 e. The van der Waals surface area contributed by atoms with Crippen LogP contribution in [0.3, 0.4) is 0 Å². The number of carbonyl (C=O) groups is 2. The Morgan fingerprint density at radius 1 is 1.32 bits per heavy atom. The number of likely N-dealkylation sites (tertiary alicyclic amines) is 1. The van der Waals surface area contributed by atoms with E-state index in [1.165, 1.54) is 18.2 Å². The summed E-state index contributed by atoms with van der Waals surface area (Å²) in [7, 11) is 0. The van der Waals surface area contributed by atoms with E-state index >= 15 is 0 Å². The quantitative estimate of drug-likeness (QED) is 0.880. The highest BCUT2D eigenvalue weighted by molar-refractivity contribution is 6.32. The molecule has 2 rings (SSSR count). The molecule has 0 unspecified atom stereocenters. The summed E-state index contributed by atoms with van der Waals surface area (Å²) in [4.78, 5) is 25.3. The first kappa shape index (κ1) is 13.7. The Morgan fingerprint density at radius 3 is 2.63 bits per heavy atom. The molecule has 1 heterocycles. The molecule has 0 radical (unpaired) electrons. The smallest absolute Gasteiger partial charge is 0.251 e. The van der Waals surface area contributed by atoms with Gasteiger partial charge in [0.25, 0.3) is 5.91 Å². The molecule has 0 atom stereocenters. The summed E-state index contributed by atoms with van der Waals surface area (Å²) in [6.45, 7) is 1.51. The molecular formula is C13H15ClN2O3. The Bertz CT molecular complexity index is 499. The lowest BCUT2D eigenvalue weighted by atomic mass is 10.2. The molecular weight excluding hydrogens is 268 g/mol. The molecule has 2 N–H and O–H groups in total. The molecule has 0 aliphatic carbocycles. The Kier molecular flexibility index (Phi) is 4.27. The zero-order chi connectivity index (χ0) is 13.8. The molecule has 5 nitrogen and oxygen atoms in total. The molecule has 6 heteroatoms. The predicted octanol–water partition coefficient (Wildman–Crippen LogP) is 1.40. The highest BCUT2D eigenvalue weighted by atomic mass is 35.5. The van der Waals surface area contributed by atoms with E-state index in [1.807, 2.05) is 0 Å². The van der Waals surface area contributed by atoms with Crippen LogP contribution in [0, 0.1) is 0 Å². The number of amides is 2. The maximum Gasteiger partial charge on any atom is 0.251 e. The zero-order valence-corrected chi connectivity index (χ0v) is 11.1. The number of rotatable bonds is 3. The van der Waals surface area contributed by atoms with Crippen molar-refractivity contribution in [2.75, 3.05) is 19.6 Å². The summed E-state index contributed by atoms with van der Waals surface area (Å²) in [5, 5.41) is 11.9. The Hall–Kier alpha value is -1.75. The third-order valence-electron chi connectivity index (χ3n) is 3.07. The van der Waals surface area contributed by atoms with Crippen molar-refractivity contribution in [3.05, 3.63) is 28.8 Å². The number of nitrogens with one attached hydrogen (secondary N) is 1. The van der Waals surface area contributed by atoms with Crippen molar-refractivity contribution < 1.29 is 14.7 Å². The highest BCUT2D eigenvalue weighted by Crippen LogP contribution is 2.23. The van der Waals surface area contributed by atoms with Gasteiger partial charge < -0.3 is 15.3 Å².